The smallest absolute Gasteiger partial charge is 0.309 e. The second-order valence-corrected chi connectivity index (χ2v) is 7.33. The number of rotatable bonds is 2. The fourth-order valence-corrected chi connectivity index (χ4v) is 4.06. The van der Waals surface area contributed by atoms with E-state index in [1.54, 1.807) is 25.2 Å². The van der Waals surface area contributed by atoms with Gasteiger partial charge in [0.25, 0.3) is 11.5 Å². The zero-order valence-electron chi connectivity index (χ0n) is 14.9. The first-order valence-corrected chi connectivity index (χ1v) is 8.78. The predicted octanol–water partition coefficient (Wildman–Crippen LogP) is 1.35. The Morgan fingerprint density at radius 1 is 1.27 bits per heavy atom. The van der Waals surface area contributed by atoms with Crippen LogP contribution in [-0.2, 0) is 16.6 Å². The summed E-state index contributed by atoms with van der Waals surface area (Å²) in [5, 5.41) is 0.503. The Bertz CT molecular complexity index is 957. The monoisotopic (exact) mass is 355 g/mol. The number of amides is 1. The highest BCUT2D eigenvalue weighted by molar-refractivity contribution is 5.97. The number of esters is 1. The van der Waals surface area contributed by atoms with E-state index in [1.165, 1.54) is 18.0 Å². The summed E-state index contributed by atoms with van der Waals surface area (Å²) >= 11 is 0. The van der Waals surface area contributed by atoms with Crippen molar-refractivity contribution in [2.24, 2.45) is 18.4 Å². The van der Waals surface area contributed by atoms with Crippen molar-refractivity contribution >= 4 is 22.8 Å². The second-order valence-electron chi connectivity index (χ2n) is 7.33. The molecule has 2 heterocycles. The van der Waals surface area contributed by atoms with E-state index in [0.29, 0.717) is 29.6 Å². The maximum Gasteiger partial charge on any atom is 0.309 e. The number of nitrogens with zero attached hydrogens (tertiary/aromatic N) is 3. The Morgan fingerprint density at radius 3 is 2.69 bits per heavy atom. The minimum absolute atomic E-state index is 0.00849. The molecule has 1 unspecified atom stereocenters. The number of likely N-dealkylation sites (tertiary alicyclic amines) is 1. The average Bonchev–Trinajstić information content (AvgIpc) is 3.37. The third-order valence-electron chi connectivity index (χ3n) is 5.89. The van der Waals surface area contributed by atoms with E-state index in [1.807, 2.05) is 4.90 Å². The molecule has 1 atom stereocenters. The third kappa shape index (κ3) is 2.58. The summed E-state index contributed by atoms with van der Waals surface area (Å²) in [7, 11) is 3.07. The van der Waals surface area contributed by atoms with Crippen LogP contribution in [0, 0.1) is 11.3 Å². The van der Waals surface area contributed by atoms with Gasteiger partial charge in [-0.3, -0.25) is 14.4 Å². The molecule has 7 nitrogen and oxygen atoms in total. The van der Waals surface area contributed by atoms with E-state index in [0.717, 1.165) is 19.3 Å². The highest BCUT2D eigenvalue weighted by Gasteiger charge is 2.59. The van der Waals surface area contributed by atoms with Crippen molar-refractivity contribution in [3.63, 3.8) is 0 Å². The normalized spacial score (nSPS) is 21.0. The van der Waals surface area contributed by atoms with Crippen molar-refractivity contribution in [1.29, 1.82) is 0 Å². The lowest BCUT2D eigenvalue weighted by atomic mass is 9.90. The number of carbonyl (C=O) groups excluding carboxylic acids is 2. The average molecular weight is 355 g/mol. The first kappa shape index (κ1) is 16.8. The summed E-state index contributed by atoms with van der Waals surface area (Å²) in [6, 6.07) is 5.03. The van der Waals surface area contributed by atoms with Gasteiger partial charge in [-0.15, -0.1) is 0 Å². The number of ether oxygens (including phenoxy) is 1. The first-order valence-electron chi connectivity index (χ1n) is 8.78. The molecule has 0 N–H and O–H groups in total. The molecule has 1 aromatic heterocycles. The van der Waals surface area contributed by atoms with Gasteiger partial charge in [-0.25, -0.2) is 4.98 Å². The number of hydrogen-bond acceptors (Lipinski definition) is 5. The fraction of sp³-hybridized carbons (Fsp3) is 0.474. The van der Waals surface area contributed by atoms with Crippen molar-refractivity contribution in [3.05, 3.63) is 40.4 Å². The molecule has 0 bridgehead atoms. The number of fused-ring (bicyclic) bond motifs is 1. The van der Waals surface area contributed by atoms with Crippen LogP contribution in [0.25, 0.3) is 10.9 Å². The Balaban J connectivity index is 1.49. The molecule has 1 spiro atoms. The first-order chi connectivity index (χ1) is 12.4. The number of aryl methyl sites for hydroxylation is 1. The quantitative estimate of drug-likeness (QED) is 0.760. The van der Waals surface area contributed by atoms with Crippen LogP contribution in [0.1, 0.15) is 29.6 Å². The Hall–Kier alpha value is -2.70. The van der Waals surface area contributed by atoms with Crippen molar-refractivity contribution in [1.82, 2.24) is 14.5 Å². The maximum absolute atomic E-state index is 12.8. The van der Waals surface area contributed by atoms with Crippen LogP contribution in [0.5, 0.6) is 0 Å². The molecule has 1 aromatic carbocycles. The Kier molecular flexibility index (Phi) is 3.82. The fourth-order valence-electron chi connectivity index (χ4n) is 4.06. The zero-order valence-corrected chi connectivity index (χ0v) is 14.9. The molecular formula is C19H21N3O4. The molecule has 4 rings (SSSR count). The largest absolute Gasteiger partial charge is 0.469 e. The summed E-state index contributed by atoms with van der Waals surface area (Å²) in [4.78, 5) is 42.7. The van der Waals surface area contributed by atoms with Crippen molar-refractivity contribution in [3.8, 4) is 0 Å². The summed E-state index contributed by atoms with van der Waals surface area (Å²) < 4.78 is 6.27. The van der Waals surface area contributed by atoms with Crippen LogP contribution in [-0.4, -0.2) is 46.5 Å². The van der Waals surface area contributed by atoms with Gasteiger partial charge < -0.3 is 14.2 Å². The molecule has 2 aromatic rings. The van der Waals surface area contributed by atoms with Crippen LogP contribution in [0.3, 0.4) is 0 Å². The minimum Gasteiger partial charge on any atom is -0.469 e. The summed E-state index contributed by atoms with van der Waals surface area (Å²) in [5.74, 6) is -0.197. The van der Waals surface area contributed by atoms with E-state index in [-0.39, 0.29) is 28.8 Å². The SMILES string of the molecule is COC(=O)C1CC12CCN(C(=O)c1ccc3c(=O)n(C)cnc3c1)CC2. The van der Waals surface area contributed by atoms with Gasteiger partial charge in [0.2, 0.25) is 0 Å². The molecule has 136 valence electrons. The van der Waals surface area contributed by atoms with Crippen LogP contribution >= 0.6 is 0 Å². The van der Waals surface area contributed by atoms with Gasteiger partial charge in [-0.1, -0.05) is 0 Å². The standard InChI is InChI=1S/C19H21N3O4/c1-21-11-20-15-9-12(3-4-13(15)17(21)24)16(23)22-7-5-19(6-8-22)10-14(19)18(25)26-2/h3-4,9,11,14H,5-8,10H2,1-2H3. The zero-order chi connectivity index (χ0) is 18.5. The van der Waals surface area contributed by atoms with Crippen molar-refractivity contribution in [2.45, 2.75) is 19.3 Å². The number of methoxy groups -OCH3 is 1. The number of hydrogen-bond donors (Lipinski definition) is 0. The second kappa shape index (κ2) is 5.93. The molecule has 1 saturated carbocycles. The summed E-state index contributed by atoms with van der Waals surface area (Å²) in [6.07, 6.45) is 3.98. The van der Waals surface area contributed by atoms with E-state index in [2.05, 4.69) is 4.98 Å². The molecule has 26 heavy (non-hydrogen) atoms. The third-order valence-corrected chi connectivity index (χ3v) is 5.89. The maximum atomic E-state index is 12.8. The molecule has 0 radical (unpaired) electrons. The molecule has 7 heteroatoms. The molecule has 1 saturated heterocycles. The molecule has 2 fully saturated rings. The van der Waals surface area contributed by atoms with Crippen LogP contribution in [0.15, 0.2) is 29.3 Å². The lowest BCUT2D eigenvalue weighted by molar-refractivity contribution is -0.143. The molecule has 2 aliphatic rings. The summed E-state index contributed by atoms with van der Waals surface area (Å²) in [6.45, 7) is 1.27. The predicted molar refractivity (Wildman–Crippen MR) is 94.7 cm³/mol. The van der Waals surface area contributed by atoms with Gasteiger partial charge in [0, 0.05) is 25.7 Å². The molecule has 1 amide bonds. The lowest BCUT2D eigenvalue weighted by Crippen LogP contribution is -2.40. The van der Waals surface area contributed by atoms with Gasteiger partial charge in [0.15, 0.2) is 0 Å². The van der Waals surface area contributed by atoms with E-state index >= 15 is 0 Å². The number of aromatic nitrogens is 2. The van der Waals surface area contributed by atoms with Gasteiger partial charge in [-0.2, -0.15) is 0 Å². The van der Waals surface area contributed by atoms with E-state index in [4.69, 9.17) is 4.74 Å². The number of benzene rings is 1. The van der Waals surface area contributed by atoms with Gasteiger partial charge in [-0.05, 0) is 42.9 Å². The van der Waals surface area contributed by atoms with Crippen molar-refractivity contribution in [2.75, 3.05) is 20.2 Å². The highest BCUT2D eigenvalue weighted by Crippen LogP contribution is 2.59. The van der Waals surface area contributed by atoms with E-state index in [9.17, 15) is 14.4 Å². The summed E-state index contributed by atoms with van der Waals surface area (Å²) in [5.41, 5.74) is 0.965. The highest BCUT2D eigenvalue weighted by atomic mass is 16.5. The van der Waals surface area contributed by atoms with Gasteiger partial charge in [0.05, 0.1) is 30.3 Å². The molecule has 1 aliphatic heterocycles. The minimum atomic E-state index is -0.132. The van der Waals surface area contributed by atoms with Crippen molar-refractivity contribution < 1.29 is 14.3 Å². The lowest BCUT2D eigenvalue weighted by Gasteiger charge is -2.32. The number of piperidine rings is 1. The number of carbonyl (C=O) groups is 2. The van der Waals surface area contributed by atoms with Gasteiger partial charge in [0.1, 0.15) is 0 Å². The van der Waals surface area contributed by atoms with Crippen LogP contribution in [0.2, 0.25) is 0 Å². The Labute approximate surface area is 150 Å². The van der Waals surface area contributed by atoms with E-state index < -0.39 is 0 Å². The molecule has 1 aliphatic carbocycles. The van der Waals surface area contributed by atoms with Gasteiger partial charge >= 0.3 is 5.97 Å². The molecular weight excluding hydrogens is 334 g/mol. The van der Waals surface area contributed by atoms with Crippen LogP contribution in [0.4, 0.5) is 0 Å². The van der Waals surface area contributed by atoms with Crippen LogP contribution < -0.4 is 5.56 Å². The topological polar surface area (TPSA) is 81.5 Å². The Morgan fingerprint density at radius 2 is 2.00 bits per heavy atom.